The van der Waals surface area contributed by atoms with Crippen molar-refractivity contribution in [1.82, 2.24) is 0 Å². The van der Waals surface area contributed by atoms with Crippen LogP contribution < -0.4 is 5.73 Å². The van der Waals surface area contributed by atoms with Crippen molar-refractivity contribution in [3.05, 3.63) is 34.3 Å². The number of hydrogen-bond donors (Lipinski definition) is 1. The van der Waals surface area contributed by atoms with Crippen LogP contribution >= 0.6 is 11.6 Å². The molecule has 1 aromatic carbocycles. The van der Waals surface area contributed by atoms with E-state index in [1.54, 1.807) is 0 Å². The van der Waals surface area contributed by atoms with Crippen LogP contribution in [-0.4, -0.2) is 5.54 Å². The number of hydrogen-bond acceptors (Lipinski definition) is 1. The monoisotopic (exact) mass is 207 g/mol. The van der Waals surface area contributed by atoms with Crippen LogP contribution in [-0.2, 0) is 5.41 Å². The van der Waals surface area contributed by atoms with Crippen molar-refractivity contribution in [2.75, 3.05) is 0 Å². The predicted octanol–water partition coefficient (Wildman–Crippen LogP) is 2.78. The molecule has 3 fully saturated rings. The Labute approximate surface area is 89.3 Å². The lowest BCUT2D eigenvalue weighted by Crippen LogP contribution is -2.74. The van der Waals surface area contributed by atoms with Crippen molar-refractivity contribution in [2.45, 2.75) is 37.1 Å². The topological polar surface area (TPSA) is 26.0 Å². The molecule has 0 spiro atoms. The van der Waals surface area contributed by atoms with Crippen molar-refractivity contribution in [3.8, 4) is 0 Å². The Hall–Kier alpha value is -0.530. The van der Waals surface area contributed by atoms with Gasteiger partial charge in [-0.15, -0.1) is 0 Å². The molecular weight excluding hydrogens is 194 g/mol. The van der Waals surface area contributed by atoms with Gasteiger partial charge in [-0.2, -0.15) is 0 Å². The average Bonchev–Trinajstić information content (AvgIpc) is 1.98. The minimum Gasteiger partial charge on any atom is -0.325 e. The van der Waals surface area contributed by atoms with E-state index in [1.807, 2.05) is 6.07 Å². The second-order valence-corrected chi connectivity index (χ2v) is 5.57. The van der Waals surface area contributed by atoms with E-state index in [-0.39, 0.29) is 5.54 Å². The van der Waals surface area contributed by atoms with Crippen LogP contribution in [0.4, 0.5) is 0 Å². The van der Waals surface area contributed by atoms with Gasteiger partial charge in [-0.05, 0) is 49.4 Å². The summed E-state index contributed by atoms with van der Waals surface area (Å²) in [7, 11) is 0. The van der Waals surface area contributed by atoms with Crippen molar-refractivity contribution in [2.24, 2.45) is 5.73 Å². The Morgan fingerprint density at radius 2 is 1.93 bits per heavy atom. The zero-order valence-electron chi connectivity index (χ0n) is 8.31. The van der Waals surface area contributed by atoms with Gasteiger partial charge in [-0.1, -0.05) is 17.7 Å². The third kappa shape index (κ3) is 0.945. The number of halogens is 1. The fourth-order valence-corrected chi connectivity index (χ4v) is 3.60. The maximum atomic E-state index is 6.06. The summed E-state index contributed by atoms with van der Waals surface area (Å²) in [5.41, 5.74) is 9.46. The van der Waals surface area contributed by atoms with Gasteiger partial charge in [0.2, 0.25) is 0 Å². The summed E-state index contributed by atoms with van der Waals surface area (Å²) in [5.74, 6) is 0. The molecule has 0 aliphatic heterocycles. The summed E-state index contributed by atoms with van der Waals surface area (Å²) in [6, 6.07) is 6.23. The SMILES string of the molecule is Cc1cc(Cl)ccc1C12CC(N)(C1)C2. The van der Waals surface area contributed by atoms with E-state index in [2.05, 4.69) is 19.1 Å². The van der Waals surface area contributed by atoms with Gasteiger partial charge >= 0.3 is 0 Å². The van der Waals surface area contributed by atoms with E-state index < -0.39 is 0 Å². The van der Waals surface area contributed by atoms with Crippen LogP contribution in [0.1, 0.15) is 30.4 Å². The first-order valence-corrected chi connectivity index (χ1v) is 5.46. The highest BCUT2D eigenvalue weighted by Crippen LogP contribution is 2.66. The molecule has 4 rings (SSSR count). The second kappa shape index (κ2) is 2.34. The maximum Gasteiger partial charge on any atom is 0.0408 e. The molecule has 14 heavy (non-hydrogen) atoms. The Morgan fingerprint density at radius 1 is 1.29 bits per heavy atom. The number of aryl methyl sites for hydroxylation is 1. The first-order chi connectivity index (χ1) is 6.53. The summed E-state index contributed by atoms with van der Waals surface area (Å²) in [4.78, 5) is 0. The minimum absolute atomic E-state index is 0.187. The van der Waals surface area contributed by atoms with Crippen molar-refractivity contribution in [3.63, 3.8) is 0 Å². The Morgan fingerprint density at radius 3 is 2.43 bits per heavy atom. The van der Waals surface area contributed by atoms with Crippen molar-refractivity contribution < 1.29 is 0 Å². The third-order valence-corrected chi connectivity index (χ3v) is 4.07. The molecule has 2 heteroatoms. The summed E-state index contributed by atoms with van der Waals surface area (Å²) in [6.07, 6.45) is 3.51. The Balaban J connectivity index is 1.99. The lowest BCUT2D eigenvalue weighted by Gasteiger charge is -2.69. The largest absolute Gasteiger partial charge is 0.325 e. The highest BCUT2D eigenvalue weighted by atomic mass is 35.5. The number of rotatable bonds is 1. The molecule has 2 bridgehead atoms. The predicted molar refractivity (Wildman–Crippen MR) is 58.6 cm³/mol. The van der Waals surface area contributed by atoms with Gasteiger partial charge < -0.3 is 5.73 Å². The van der Waals surface area contributed by atoms with Gasteiger partial charge in [0.05, 0.1) is 0 Å². The van der Waals surface area contributed by atoms with E-state index in [4.69, 9.17) is 17.3 Å². The van der Waals surface area contributed by atoms with E-state index in [0.717, 1.165) is 5.02 Å². The van der Waals surface area contributed by atoms with E-state index in [0.29, 0.717) is 5.41 Å². The van der Waals surface area contributed by atoms with E-state index in [9.17, 15) is 0 Å². The molecule has 0 unspecified atom stereocenters. The molecule has 74 valence electrons. The molecular formula is C12H14ClN. The maximum absolute atomic E-state index is 6.06. The zero-order valence-corrected chi connectivity index (χ0v) is 9.06. The average molecular weight is 208 g/mol. The van der Waals surface area contributed by atoms with Crippen LogP contribution in [0.15, 0.2) is 18.2 Å². The van der Waals surface area contributed by atoms with E-state index >= 15 is 0 Å². The number of benzene rings is 1. The summed E-state index contributed by atoms with van der Waals surface area (Å²) < 4.78 is 0. The van der Waals surface area contributed by atoms with Crippen LogP contribution in [0.25, 0.3) is 0 Å². The molecule has 1 aromatic rings. The summed E-state index contributed by atoms with van der Waals surface area (Å²) in [5, 5.41) is 0.834. The molecule has 0 aromatic heterocycles. The lowest BCUT2D eigenvalue weighted by molar-refractivity contribution is -0.0593. The standard InChI is InChI=1S/C12H14ClN/c1-8-4-9(13)2-3-10(8)11-5-12(14,6-11)7-11/h2-4H,5-7,14H2,1H3. The molecule has 1 nitrogen and oxygen atoms in total. The summed E-state index contributed by atoms with van der Waals surface area (Å²) >= 11 is 5.94. The van der Waals surface area contributed by atoms with E-state index in [1.165, 1.54) is 30.4 Å². The smallest absolute Gasteiger partial charge is 0.0408 e. The van der Waals surface area contributed by atoms with Gasteiger partial charge in [-0.3, -0.25) is 0 Å². The molecule has 3 aliphatic carbocycles. The highest BCUT2D eigenvalue weighted by Gasteiger charge is 2.66. The fraction of sp³-hybridized carbons (Fsp3) is 0.500. The normalized spacial score (nSPS) is 38.8. The molecule has 0 amide bonds. The minimum atomic E-state index is 0.187. The Kier molecular flexibility index (Phi) is 1.46. The van der Waals surface area contributed by atoms with Gasteiger partial charge in [0, 0.05) is 16.0 Å². The molecule has 3 aliphatic rings. The molecule has 0 atom stereocenters. The van der Waals surface area contributed by atoms with Gasteiger partial charge in [0.1, 0.15) is 0 Å². The molecule has 3 saturated carbocycles. The molecule has 2 N–H and O–H groups in total. The van der Waals surface area contributed by atoms with Crippen LogP contribution in [0.5, 0.6) is 0 Å². The highest BCUT2D eigenvalue weighted by molar-refractivity contribution is 6.30. The molecule has 0 heterocycles. The van der Waals surface area contributed by atoms with Gasteiger partial charge in [0.15, 0.2) is 0 Å². The second-order valence-electron chi connectivity index (χ2n) is 5.13. The van der Waals surface area contributed by atoms with Gasteiger partial charge in [-0.25, -0.2) is 0 Å². The van der Waals surface area contributed by atoms with Crippen LogP contribution in [0, 0.1) is 6.92 Å². The van der Waals surface area contributed by atoms with Gasteiger partial charge in [0.25, 0.3) is 0 Å². The lowest BCUT2D eigenvalue weighted by atomic mass is 9.37. The van der Waals surface area contributed by atoms with Crippen LogP contribution in [0.3, 0.4) is 0 Å². The third-order valence-electron chi connectivity index (χ3n) is 3.83. The fourth-order valence-electron chi connectivity index (χ4n) is 3.37. The van der Waals surface area contributed by atoms with Crippen molar-refractivity contribution >= 4 is 11.6 Å². The Bertz CT molecular complexity index is 391. The van der Waals surface area contributed by atoms with Crippen LogP contribution in [0.2, 0.25) is 5.02 Å². The first-order valence-electron chi connectivity index (χ1n) is 5.09. The number of nitrogens with two attached hydrogens (primary N) is 1. The first kappa shape index (κ1) is 8.75. The quantitative estimate of drug-likeness (QED) is 0.753. The molecule has 0 saturated heterocycles. The molecule has 0 radical (unpaired) electrons. The zero-order chi connectivity index (χ0) is 9.97. The summed E-state index contributed by atoms with van der Waals surface area (Å²) in [6.45, 7) is 2.14. The van der Waals surface area contributed by atoms with Crippen molar-refractivity contribution in [1.29, 1.82) is 0 Å².